The monoisotopic (exact) mass is 410 g/mol. The number of carbonyl (C=O) groups is 2. The van der Waals surface area contributed by atoms with Gasteiger partial charge in [0.2, 0.25) is 0 Å². The van der Waals surface area contributed by atoms with E-state index in [9.17, 15) is 14.4 Å². The summed E-state index contributed by atoms with van der Waals surface area (Å²) >= 11 is 0. The smallest absolute Gasteiger partial charge is 0.267 e. The Morgan fingerprint density at radius 2 is 1.45 bits per heavy atom. The summed E-state index contributed by atoms with van der Waals surface area (Å²) in [5, 5.41) is 0.511. The molecule has 0 radical (unpaired) electrons. The molecule has 0 spiro atoms. The molecule has 4 aromatic rings. The number of benzene rings is 2. The number of aromatic nitrogens is 3. The van der Waals surface area contributed by atoms with Crippen LogP contribution in [-0.2, 0) is 6.42 Å². The maximum Gasteiger partial charge on any atom is 0.267 e. The lowest BCUT2D eigenvalue weighted by Gasteiger charge is -2.16. The zero-order chi connectivity index (χ0) is 21.4. The van der Waals surface area contributed by atoms with Crippen LogP contribution in [0.25, 0.3) is 16.7 Å². The highest BCUT2D eigenvalue weighted by molar-refractivity contribution is 6.21. The van der Waals surface area contributed by atoms with Crippen LogP contribution in [-0.4, -0.2) is 37.8 Å². The lowest BCUT2D eigenvalue weighted by Crippen LogP contribution is -2.31. The van der Waals surface area contributed by atoms with E-state index in [2.05, 4.69) is 9.97 Å². The van der Waals surface area contributed by atoms with Gasteiger partial charge in [-0.2, -0.15) is 0 Å². The van der Waals surface area contributed by atoms with Crippen molar-refractivity contribution in [2.45, 2.75) is 12.8 Å². The number of carbonyl (C=O) groups excluding carboxylic acids is 2. The lowest BCUT2D eigenvalue weighted by molar-refractivity contribution is 0.0652. The van der Waals surface area contributed by atoms with Gasteiger partial charge in [-0.15, -0.1) is 0 Å². The Morgan fingerprint density at radius 1 is 0.774 bits per heavy atom. The number of amides is 2. The first-order valence-corrected chi connectivity index (χ1v) is 10.0. The zero-order valence-electron chi connectivity index (χ0n) is 16.6. The standard InChI is InChI=1S/C24H18N4O3/c29-22-16-8-1-2-9-17(16)23(30)27(22)15-7-13-21-26-19-11-4-3-10-18(19)24(31)28(21)20-12-5-6-14-25-20/h1-6,8-12,14H,7,13,15H2. The van der Waals surface area contributed by atoms with Crippen LogP contribution in [0.5, 0.6) is 0 Å². The van der Waals surface area contributed by atoms with Gasteiger partial charge in [-0.25, -0.2) is 14.5 Å². The van der Waals surface area contributed by atoms with E-state index >= 15 is 0 Å². The molecule has 1 aliphatic heterocycles. The van der Waals surface area contributed by atoms with Crippen LogP contribution in [0.15, 0.2) is 77.7 Å². The molecule has 0 bridgehead atoms. The number of aryl methyl sites for hydroxylation is 1. The Bertz CT molecular complexity index is 1340. The Morgan fingerprint density at radius 3 is 2.16 bits per heavy atom. The number of imide groups is 1. The summed E-state index contributed by atoms with van der Waals surface area (Å²) in [7, 11) is 0. The zero-order valence-corrected chi connectivity index (χ0v) is 16.6. The topological polar surface area (TPSA) is 85.2 Å². The first-order valence-electron chi connectivity index (χ1n) is 10.0. The van der Waals surface area contributed by atoms with Gasteiger partial charge in [0.05, 0.1) is 22.0 Å². The van der Waals surface area contributed by atoms with Gasteiger partial charge in [0, 0.05) is 19.2 Å². The molecule has 3 heterocycles. The summed E-state index contributed by atoms with van der Waals surface area (Å²) in [6.07, 6.45) is 2.51. The van der Waals surface area contributed by atoms with Gasteiger partial charge in [0.1, 0.15) is 11.6 Å². The normalized spacial score (nSPS) is 13.1. The van der Waals surface area contributed by atoms with Gasteiger partial charge >= 0.3 is 0 Å². The molecule has 0 saturated carbocycles. The van der Waals surface area contributed by atoms with E-state index in [-0.39, 0.29) is 23.9 Å². The molecule has 2 aromatic heterocycles. The van der Waals surface area contributed by atoms with Gasteiger partial charge in [0.15, 0.2) is 0 Å². The van der Waals surface area contributed by atoms with Gasteiger partial charge in [-0.1, -0.05) is 30.3 Å². The number of para-hydroxylation sites is 1. The first-order chi connectivity index (χ1) is 15.1. The summed E-state index contributed by atoms with van der Waals surface area (Å²) in [5.41, 5.74) is 1.28. The van der Waals surface area contributed by atoms with Crippen molar-refractivity contribution in [3.8, 4) is 5.82 Å². The fraction of sp³-hybridized carbons (Fsp3) is 0.125. The Kier molecular flexibility index (Phi) is 4.63. The fourth-order valence-electron chi connectivity index (χ4n) is 3.91. The highest BCUT2D eigenvalue weighted by Crippen LogP contribution is 2.23. The van der Waals surface area contributed by atoms with E-state index in [1.165, 1.54) is 9.47 Å². The molecule has 2 aromatic carbocycles. The Hall–Kier alpha value is -4.13. The molecule has 7 nitrogen and oxygen atoms in total. The summed E-state index contributed by atoms with van der Waals surface area (Å²) < 4.78 is 1.50. The number of hydrogen-bond acceptors (Lipinski definition) is 5. The molecule has 5 rings (SSSR count). The predicted octanol–water partition coefficient (Wildman–Crippen LogP) is 3.01. The number of rotatable bonds is 5. The van der Waals surface area contributed by atoms with Crippen molar-refractivity contribution in [2.75, 3.05) is 6.54 Å². The van der Waals surface area contributed by atoms with E-state index in [0.717, 1.165) is 0 Å². The average Bonchev–Trinajstić information content (AvgIpc) is 3.05. The molecule has 0 fully saturated rings. The van der Waals surface area contributed by atoms with Crippen molar-refractivity contribution < 1.29 is 9.59 Å². The molecule has 7 heteroatoms. The van der Waals surface area contributed by atoms with Gasteiger partial charge in [0.25, 0.3) is 17.4 Å². The Labute approximate surface area is 177 Å². The highest BCUT2D eigenvalue weighted by atomic mass is 16.2. The highest BCUT2D eigenvalue weighted by Gasteiger charge is 2.34. The summed E-state index contributed by atoms with van der Waals surface area (Å²) in [6, 6.07) is 19.4. The second-order valence-corrected chi connectivity index (χ2v) is 7.28. The fourth-order valence-corrected chi connectivity index (χ4v) is 3.91. The van der Waals surface area contributed by atoms with Gasteiger partial charge < -0.3 is 0 Å². The molecule has 152 valence electrons. The van der Waals surface area contributed by atoms with Crippen LogP contribution < -0.4 is 5.56 Å². The van der Waals surface area contributed by atoms with E-state index < -0.39 is 0 Å². The van der Waals surface area contributed by atoms with Crippen LogP contribution in [0.1, 0.15) is 33.0 Å². The molecule has 0 saturated heterocycles. The van der Waals surface area contributed by atoms with Gasteiger partial charge in [-0.3, -0.25) is 19.3 Å². The minimum Gasteiger partial charge on any atom is -0.274 e. The van der Waals surface area contributed by atoms with Crippen molar-refractivity contribution in [1.29, 1.82) is 0 Å². The van der Waals surface area contributed by atoms with Crippen molar-refractivity contribution in [2.24, 2.45) is 0 Å². The summed E-state index contributed by atoms with van der Waals surface area (Å²) in [5.74, 6) is 0.462. The summed E-state index contributed by atoms with van der Waals surface area (Å²) in [4.78, 5) is 48.6. The predicted molar refractivity (Wildman–Crippen MR) is 115 cm³/mol. The lowest BCUT2D eigenvalue weighted by atomic mass is 10.1. The Balaban J connectivity index is 1.45. The van der Waals surface area contributed by atoms with Crippen LogP contribution in [0.2, 0.25) is 0 Å². The molecule has 0 aliphatic carbocycles. The molecule has 1 aliphatic rings. The average molecular weight is 410 g/mol. The third kappa shape index (κ3) is 3.20. The minimum atomic E-state index is -0.283. The number of fused-ring (bicyclic) bond motifs is 2. The second kappa shape index (κ2) is 7.60. The SMILES string of the molecule is O=C1c2ccccc2C(=O)N1CCCc1nc2ccccc2c(=O)n1-c1ccccn1. The van der Waals surface area contributed by atoms with Crippen LogP contribution in [0, 0.1) is 0 Å². The maximum atomic E-state index is 13.2. The number of nitrogens with zero attached hydrogens (tertiary/aromatic N) is 4. The number of hydrogen-bond donors (Lipinski definition) is 0. The molecular formula is C24H18N4O3. The van der Waals surface area contributed by atoms with E-state index in [4.69, 9.17) is 0 Å². The van der Waals surface area contributed by atoms with Gasteiger partial charge in [-0.05, 0) is 42.8 Å². The largest absolute Gasteiger partial charge is 0.274 e. The second-order valence-electron chi connectivity index (χ2n) is 7.28. The third-order valence-corrected chi connectivity index (χ3v) is 5.38. The van der Waals surface area contributed by atoms with Crippen molar-refractivity contribution in [3.63, 3.8) is 0 Å². The van der Waals surface area contributed by atoms with Crippen LogP contribution in [0.4, 0.5) is 0 Å². The molecule has 0 unspecified atom stereocenters. The quantitative estimate of drug-likeness (QED) is 0.472. The minimum absolute atomic E-state index is 0.194. The molecule has 0 N–H and O–H groups in total. The van der Waals surface area contributed by atoms with Crippen molar-refractivity contribution >= 4 is 22.7 Å². The summed E-state index contributed by atoms with van der Waals surface area (Å²) in [6.45, 7) is 0.247. The molecule has 31 heavy (non-hydrogen) atoms. The van der Waals surface area contributed by atoms with E-state index in [1.54, 1.807) is 60.8 Å². The first kappa shape index (κ1) is 18.9. The van der Waals surface area contributed by atoms with Crippen molar-refractivity contribution in [3.05, 3.63) is 100 Å². The maximum absolute atomic E-state index is 13.2. The van der Waals surface area contributed by atoms with Crippen LogP contribution in [0.3, 0.4) is 0 Å². The molecular weight excluding hydrogens is 392 g/mol. The van der Waals surface area contributed by atoms with Crippen LogP contribution >= 0.6 is 0 Å². The van der Waals surface area contributed by atoms with Crippen molar-refractivity contribution in [1.82, 2.24) is 19.4 Å². The van der Waals surface area contributed by atoms with E-state index in [1.807, 2.05) is 12.1 Å². The number of pyridine rings is 1. The molecule has 0 atom stereocenters. The molecule has 2 amide bonds. The van der Waals surface area contributed by atoms with E-state index in [0.29, 0.717) is 46.5 Å². The third-order valence-electron chi connectivity index (χ3n) is 5.38.